The summed E-state index contributed by atoms with van der Waals surface area (Å²) in [6.07, 6.45) is 2.43. The number of hydrogen-bond donors (Lipinski definition) is 2. The van der Waals surface area contributed by atoms with Gasteiger partial charge in [0.2, 0.25) is 10.7 Å². The average Bonchev–Trinajstić information content (AvgIpc) is 2.99. The van der Waals surface area contributed by atoms with Crippen LogP contribution >= 0.6 is 12.2 Å². The molecule has 2 rings (SSSR count). The lowest BCUT2D eigenvalue weighted by molar-refractivity contribution is -0.123. The first-order valence-corrected chi connectivity index (χ1v) is 6.28. The van der Waals surface area contributed by atoms with Gasteiger partial charge in [0.05, 0.1) is 6.67 Å². The smallest absolute Gasteiger partial charge is 0.242 e. The lowest BCUT2D eigenvalue weighted by atomic mass is 10.4. The summed E-state index contributed by atoms with van der Waals surface area (Å²) in [5.41, 5.74) is 0. The van der Waals surface area contributed by atoms with E-state index in [1.165, 1.54) is 17.5 Å². The minimum atomic E-state index is -0.122. The Balaban J connectivity index is 1.74. The van der Waals surface area contributed by atoms with Crippen LogP contribution in [-0.2, 0) is 11.3 Å². The molecule has 0 unspecified atom stereocenters. The zero-order valence-electron chi connectivity index (χ0n) is 10.3. The molecule has 0 aromatic carbocycles. The highest BCUT2D eigenvalue weighted by molar-refractivity contribution is 7.71. The zero-order valence-corrected chi connectivity index (χ0v) is 11.1. The number of hydrazine groups is 1. The van der Waals surface area contributed by atoms with Crippen molar-refractivity contribution in [3.05, 3.63) is 4.77 Å². The normalized spacial score (nSPS) is 16.3. The van der Waals surface area contributed by atoms with E-state index >= 15 is 0 Å². The fraction of sp³-hybridized carbons (Fsp3) is 0.778. The SMILES string of the molecule is CN(CNC(=O)Cn1[nH]nnc1=S)N1CCCC1. The number of rotatable bonds is 5. The quantitative estimate of drug-likeness (QED) is 0.547. The summed E-state index contributed by atoms with van der Waals surface area (Å²) in [5, 5.41) is 16.7. The molecule has 0 saturated carbocycles. The minimum absolute atomic E-state index is 0.111. The third-order valence-electron chi connectivity index (χ3n) is 2.90. The molecule has 1 aromatic rings. The molecule has 2 N–H and O–H groups in total. The van der Waals surface area contributed by atoms with Crippen molar-refractivity contribution < 1.29 is 4.79 Å². The molecule has 0 bridgehead atoms. The molecule has 1 saturated heterocycles. The van der Waals surface area contributed by atoms with Crippen LogP contribution in [0, 0.1) is 4.77 Å². The third kappa shape index (κ3) is 3.34. The highest BCUT2D eigenvalue weighted by atomic mass is 32.1. The molecule has 0 spiro atoms. The van der Waals surface area contributed by atoms with Gasteiger partial charge in [-0.3, -0.25) is 4.79 Å². The summed E-state index contributed by atoms with van der Waals surface area (Å²) in [6, 6.07) is 0. The fourth-order valence-corrected chi connectivity index (χ4v) is 2.01. The summed E-state index contributed by atoms with van der Waals surface area (Å²) in [6.45, 7) is 2.72. The zero-order chi connectivity index (χ0) is 13.0. The van der Waals surface area contributed by atoms with Gasteiger partial charge in [-0.05, 0) is 25.1 Å². The molecule has 1 fully saturated rings. The molecule has 8 nitrogen and oxygen atoms in total. The third-order valence-corrected chi connectivity index (χ3v) is 3.21. The summed E-state index contributed by atoms with van der Waals surface area (Å²) in [7, 11) is 1.97. The van der Waals surface area contributed by atoms with E-state index in [1.54, 1.807) is 0 Å². The number of aromatic nitrogens is 4. The number of hydrogen-bond acceptors (Lipinski definition) is 6. The highest BCUT2D eigenvalue weighted by Gasteiger charge is 2.16. The first kappa shape index (κ1) is 13.1. The molecule has 1 aliphatic rings. The van der Waals surface area contributed by atoms with E-state index in [4.69, 9.17) is 12.2 Å². The average molecular weight is 271 g/mol. The number of carbonyl (C=O) groups excluding carboxylic acids is 1. The lowest BCUT2D eigenvalue weighted by Crippen LogP contribution is -2.45. The number of H-pyrrole nitrogens is 1. The summed E-state index contributed by atoms with van der Waals surface area (Å²) in [5.74, 6) is -0.122. The van der Waals surface area contributed by atoms with Crippen LogP contribution < -0.4 is 5.32 Å². The van der Waals surface area contributed by atoms with Crippen molar-refractivity contribution in [1.29, 1.82) is 0 Å². The predicted molar refractivity (Wildman–Crippen MR) is 66.8 cm³/mol. The minimum Gasteiger partial charge on any atom is -0.340 e. The van der Waals surface area contributed by atoms with Gasteiger partial charge in [0.1, 0.15) is 6.54 Å². The number of nitrogens with one attached hydrogen (secondary N) is 2. The number of aromatic amines is 1. The molecule has 2 heterocycles. The molecule has 9 heteroatoms. The maximum absolute atomic E-state index is 11.7. The van der Waals surface area contributed by atoms with Crippen molar-refractivity contribution in [3.63, 3.8) is 0 Å². The Labute approximate surface area is 110 Å². The van der Waals surface area contributed by atoms with Crippen molar-refractivity contribution in [2.75, 3.05) is 26.8 Å². The molecule has 0 radical (unpaired) electrons. The molecule has 18 heavy (non-hydrogen) atoms. The van der Waals surface area contributed by atoms with E-state index in [2.05, 4.69) is 25.9 Å². The predicted octanol–water partition coefficient (Wildman–Crippen LogP) is -0.648. The Morgan fingerprint density at radius 1 is 1.56 bits per heavy atom. The van der Waals surface area contributed by atoms with Gasteiger partial charge < -0.3 is 5.32 Å². The number of carbonyl (C=O) groups is 1. The topological polar surface area (TPSA) is 82.1 Å². The van der Waals surface area contributed by atoms with Gasteiger partial charge >= 0.3 is 0 Å². The fourth-order valence-electron chi connectivity index (χ4n) is 1.86. The van der Waals surface area contributed by atoms with E-state index in [1.807, 2.05) is 12.1 Å². The molecular formula is C9H17N7OS. The first-order chi connectivity index (χ1) is 8.66. The van der Waals surface area contributed by atoms with Gasteiger partial charge in [0, 0.05) is 20.1 Å². The van der Waals surface area contributed by atoms with Crippen molar-refractivity contribution >= 4 is 18.1 Å². The maximum atomic E-state index is 11.7. The largest absolute Gasteiger partial charge is 0.340 e. The molecule has 1 amide bonds. The second kappa shape index (κ2) is 6.03. The van der Waals surface area contributed by atoms with Crippen LogP contribution in [0.1, 0.15) is 12.8 Å². The van der Waals surface area contributed by atoms with E-state index in [0.29, 0.717) is 6.67 Å². The van der Waals surface area contributed by atoms with Crippen LogP contribution in [-0.4, -0.2) is 62.9 Å². The van der Waals surface area contributed by atoms with Gasteiger partial charge in [0.15, 0.2) is 0 Å². The monoisotopic (exact) mass is 271 g/mol. The van der Waals surface area contributed by atoms with E-state index in [9.17, 15) is 4.79 Å². The molecule has 1 aromatic heterocycles. The van der Waals surface area contributed by atoms with E-state index in [0.717, 1.165) is 13.1 Å². The Hall–Kier alpha value is -1.32. The van der Waals surface area contributed by atoms with Crippen LogP contribution in [0.5, 0.6) is 0 Å². The second-order valence-electron chi connectivity index (χ2n) is 4.25. The maximum Gasteiger partial charge on any atom is 0.242 e. The van der Waals surface area contributed by atoms with Crippen LogP contribution in [0.25, 0.3) is 0 Å². The molecule has 0 atom stereocenters. The van der Waals surface area contributed by atoms with Crippen LogP contribution in [0.2, 0.25) is 0 Å². The van der Waals surface area contributed by atoms with Crippen LogP contribution in [0.4, 0.5) is 0 Å². The van der Waals surface area contributed by atoms with Gasteiger partial charge in [-0.15, -0.1) is 0 Å². The van der Waals surface area contributed by atoms with Crippen molar-refractivity contribution in [2.45, 2.75) is 19.4 Å². The summed E-state index contributed by atoms with van der Waals surface area (Å²) < 4.78 is 1.69. The molecule has 0 aliphatic carbocycles. The van der Waals surface area contributed by atoms with Crippen LogP contribution in [0.15, 0.2) is 0 Å². The Morgan fingerprint density at radius 3 is 2.89 bits per heavy atom. The van der Waals surface area contributed by atoms with Gasteiger partial charge in [0.25, 0.3) is 0 Å². The molecule has 100 valence electrons. The summed E-state index contributed by atoms with van der Waals surface area (Å²) in [4.78, 5) is 11.7. The lowest BCUT2D eigenvalue weighted by Gasteiger charge is -2.27. The Morgan fingerprint density at radius 2 is 2.28 bits per heavy atom. The first-order valence-electron chi connectivity index (χ1n) is 5.87. The Bertz CT molecular complexity index is 450. The van der Waals surface area contributed by atoms with E-state index in [-0.39, 0.29) is 17.2 Å². The summed E-state index contributed by atoms with van der Waals surface area (Å²) >= 11 is 4.89. The van der Waals surface area contributed by atoms with Crippen LogP contribution in [0.3, 0.4) is 0 Å². The van der Waals surface area contributed by atoms with Gasteiger partial charge in [-0.2, -0.15) is 5.21 Å². The Kier molecular flexibility index (Phi) is 4.39. The molecule has 1 aliphatic heterocycles. The van der Waals surface area contributed by atoms with Gasteiger partial charge in [-0.25, -0.2) is 14.7 Å². The van der Waals surface area contributed by atoms with E-state index < -0.39 is 0 Å². The molecular weight excluding hydrogens is 254 g/mol. The standard InChI is InChI=1S/C9H17N7OS/c1-14(15-4-2-3-5-15)7-10-8(17)6-16-9(18)11-12-13-16/h2-7H2,1H3,(H,10,17)(H,11,13,18). The highest BCUT2D eigenvalue weighted by Crippen LogP contribution is 2.08. The van der Waals surface area contributed by atoms with Gasteiger partial charge in [-0.1, -0.05) is 10.3 Å². The number of tetrazole rings is 1. The number of nitrogens with zero attached hydrogens (tertiary/aromatic N) is 5. The van der Waals surface area contributed by atoms with Crippen molar-refractivity contribution in [1.82, 2.24) is 35.5 Å². The van der Waals surface area contributed by atoms with Crippen molar-refractivity contribution in [3.8, 4) is 0 Å². The second-order valence-corrected chi connectivity index (χ2v) is 4.61. The number of amides is 1. The van der Waals surface area contributed by atoms with Crippen molar-refractivity contribution in [2.24, 2.45) is 0 Å².